The van der Waals surface area contributed by atoms with E-state index in [2.05, 4.69) is 22.3 Å². The average molecular weight is 311 g/mol. The second-order valence-electron chi connectivity index (χ2n) is 6.20. The van der Waals surface area contributed by atoms with Gasteiger partial charge in [-0.05, 0) is 22.9 Å². The van der Waals surface area contributed by atoms with Gasteiger partial charge in [0, 0.05) is 37.9 Å². The number of anilines is 1. The Balaban J connectivity index is 1.34. The molecule has 0 bridgehead atoms. The van der Waals surface area contributed by atoms with Crippen LogP contribution in [0.25, 0.3) is 10.8 Å². The van der Waals surface area contributed by atoms with Crippen LogP contribution in [0.15, 0.2) is 42.5 Å². The monoisotopic (exact) mass is 311 g/mol. The minimum Gasteiger partial charge on any atom is -0.379 e. The van der Waals surface area contributed by atoms with Crippen LogP contribution in [0.4, 0.5) is 10.5 Å². The van der Waals surface area contributed by atoms with Crippen molar-refractivity contribution in [1.29, 1.82) is 0 Å². The van der Waals surface area contributed by atoms with E-state index >= 15 is 0 Å². The summed E-state index contributed by atoms with van der Waals surface area (Å²) < 4.78 is 5.37. The highest BCUT2D eigenvalue weighted by atomic mass is 16.5. The van der Waals surface area contributed by atoms with Gasteiger partial charge in [0.1, 0.15) is 0 Å². The summed E-state index contributed by atoms with van der Waals surface area (Å²) in [6.45, 7) is 5.17. The molecule has 0 spiro atoms. The number of morpholine rings is 1. The van der Waals surface area contributed by atoms with Crippen LogP contribution < -0.4 is 5.32 Å². The number of ether oxygens (including phenoxy) is 1. The van der Waals surface area contributed by atoms with Crippen molar-refractivity contribution in [2.75, 3.05) is 44.7 Å². The Labute approximate surface area is 135 Å². The molecule has 0 saturated carbocycles. The van der Waals surface area contributed by atoms with E-state index in [0.29, 0.717) is 6.04 Å². The third kappa shape index (κ3) is 3.02. The van der Waals surface area contributed by atoms with Crippen LogP contribution in [0.2, 0.25) is 0 Å². The van der Waals surface area contributed by atoms with E-state index in [1.54, 1.807) is 0 Å². The Hall–Kier alpha value is -2.11. The summed E-state index contributed by atoms with van der Waals surface area (Å²) in [6.07, 6.45) is 0. The van der Waals surface area contributed by atoms with Crippen molar-refractivity contribution in [1.82, 2.24) is 9.80 Å². The Bertz CT molecular complexity index is 706. The Morgan fingerprint density at radius 2 is 1.78 bits per heavy atom. The van der Waals surface area contributed by atoms with Gasteiger partial charge in [-0.1, -0.05) is 30.3 Å². The van der Waals surface area contributed by atoms with Gasteiger partial charge in [0.25, 0.3) is 0 Å². The number of nitrogens with zero attached hydrogens (tertiary/aromatic N) is 2. The van der Waals surface area contributed by atoms with E-state index in [0.717, 1.165) is 50.5 Å². The van der Waals surface area contributed by atoms with Crippen molar-refractivity contribution in [3.8, 4) is 0 Å². The molecule has 0 aliphatic carbocycles. The molecule has 2 amide bonds. The van der Waals surface area contributed by atoms with Crippen molar-refractivity contribution >= 4 is 22.5 Å². The number of nitrogens with one attached hydrogen (secondary N) is 1. The second-order valence-corrected chi connectivity index (χ2v) is 6.20. The summed E-state index contributed by atoms with van der Waals surface area (Å²) in [4.78, 5) is 16.6. The lowest BCUT2D eigenvalue weighted by atomic mass is 10.1. The van der Waals surface area contributed by atoms with E-state index in [4.69, 9.17) is 4.74 Å². The first-order valence-electron chi connectivity index (χ1n) is 8.16. The van der Waals surface area contributed by atoms with Crippen LogP contribution in [0.3, 0.4) is 0 Å². The number of fused-ring (bicyclic) bond motifs is 1. The summed E-state index contributed by atoms with van der Waals surface area (Å²) in [5.41, 5.74) is 0.850. The third-order valence-electron chi connectivity index (χ3n) is 4.71. The first kappa shape index (κ1) is 14.5. The summed E-state index contributed by atoms with van der Waals surface area (Å²) >= 11 is 0. The number of carbonyl (C=O) groups excluding carboxylic acids is 1. The smallest absolute Gasteiger partial charge is 0.321 e. The number of benzene rings is 2. The topological polar surface area (TPSA) is 44.8 Å². The molecule has 2 aromatic rings. The van der Waals surface area contributed by atoms with E-state index < -0.39 is 0 Å². The zero-order valence-corrected chi connectivity index (χ0v) is 13.1. The lowest BCUT2D eigenvalue weighted by Crippen LogP contribution is -2.63. The fourth-order valence-corrected chi connectivity index (χ4v) is 3.26. The van der Waals surface area contributed by atoms with Crippen molar-refractivity contribution in [3.63, 3.8) is 0 Å². The fraction of sp³-hybridized carbons (Fsp3) is 0.389. The molecule has 0 radical (unpaired) electrons. The molecular weight excluding hydrogens is 290 g/mol. The molecule has 1 N–H and O–H groups in total. The molecule has 2 aliphatic heterocycles. The predicted octanol–water partition coefficient (Wildman–Crippen LogP) is 2.39. The van der Waals surface area contributed by atoms with E-state index in [1.807, 2.05) is 35.2 Å². The summed E-state index contributed by atoms with van der Waals surface area (Å²) in [5.74, 6) is 0. The average Bonchev–Trinajstić information content (AvgIpc) is 2.54. The van der Waals surface area contributed by atoms with E-state index in [9.17, 15) is 4.79 Å². The first-order chi connectivity index (χ1) is 11.3. The molecule has 0 unspecified atom stereocenters. The highest BCUT2D eigenvalue weighted by Gasteiger charge is 2.35. The first-order valence-corrected chi connectivity index (χ1v) is 8.16. The molecule has 0 atom stereocenters. The van der Waals surface area contributed by atoms with Crippen molar-refractivity contribution < 1.29 is 9.53 Å². The molecule has 23 heavy (non-hydrogen) atoms. The van der Waals surface area contributed by atoms with E-state index in [1.165, 1.54) is 5.39 Å². The summed E-state index contributed by atoms with van der Waals surface area (Å²) in [5, 5.41) is 5.32. The Kier molecular flexibility index (Phi) is 3.89. The highest BCUT2D eigenvalue weighted by Crippen LogP contribution is 2.21. The fourth-order valence-electron chi connectivity index (χ4n) is 3.26. The van der Waals surface area contributed by atoms with Gasteiger partial charge in [-0.25, -0.2) is 4.79 Å². The molecule has 2 aromatic carbocycles. The van der Waals surface area contributed by atoms with Crippen molar-refractivity contribution in [2.24, 2.45) is 0 Å². The van der Waals surface area contributed by atoms with Crippen LogP contribution in [0.5, 0.6) is 0 Å². The van der Waals surface area contributed by atoms with Crippen LogP contribution in [0, 0.1) is 0 Å². The number of amides is 2. The lowest BCUT2D eigenvalue weighted by molar-refractivity contribution is -0.0189. The van der Waals surface area contributed by atoms with Crippen LogP contribution >= 0.6 is 0 Å². The number of hydrogen-bond acceptors (Lipinski definition) is 3. The van der Waals surface area contributed by atoms with Crippen molar-refractivity contribution in [3.05, 3.63) is 42.5 Å². The molecule has 5 nitrogen and oxygen atoms in total. The number of urea groups is 1. The van der Waals surface area contributed by atoms with Gasteiger partial charge >= 0.3 is 6.03 Å². The van der Waals surface area contributed by atoms with Gasteiger partial charge in [-0.15, -0.1) is 0 Å². The Morgan fingerprint density at radius 1 is 1.04 bits per heavy atom. The highest BCUT2D eigenvalue weighted by molar-refractivity contribution is 5.93. The lowest BCUT2D eigenvalue weighted by Gasteiger charge is -2.46. The third-order valence-corrected chi connectivity index (χ3v) is 4.71. The maximum absolute atomic E-state index is 12.3. The summed E-state index contributed by atoms with van der Waals surface area (Å²) in [7, 11) is 0. The van der Waals surface area contributed by atoms with Gasteiger partial charge in [0.05, 0.1) is 13.2 Å². The van der Waals surface area contributed by atoms with E-state index in [-0.39, 0.29) is 6.03 Å². The van der Waals surface area contributed by atoms with Gasteiger partial charge < -0.3 is 15.0 Å². The van der Waals surface area contributed by atoms with Gasteiger partial charge in [-0.2, -0.15) is 0 Å². The summed E-state index contributed by atoms with van der Waals surface area (Å²) in [6, 6.07) is 14.7. The zero-order valence-electron chi connectivity index (χ0n) is 13.1. The predicted molar refractivity (Wildman–Crippen MR) is 90.7 cm³/mol. The molecule has 2 aliphatic rings. The Morgan fingerprint density at radius 3 is 2.57 bits per heavy atom. The molecule has 4 rings (SSSR count). The number of rotatable bonds is 2. The standard InChI is InChI=1S/C18H21N3O2/c22-18(21-12-17(13-21)20-7-9-23-10-8-20)19-16-6-5-14-3-1-2-4-15(14)11-16/h1-6,11,17H,7-10,12-13H2,(H,19,22). The number of likely N-dealkylation sites (tertiary alicyclic amines) is 1. The minimum absolute atomic E-state index is 0.00945. The van der Waals surface area contributed by atoms with Crippen molar-refractivity contribution in [2.45, 2.75) is 6.04 Å². The molecular formula is C18H21N3O2. The molecule has 120 valence electrons. The largest absolute Gasteiger partial charge is 0.379 e. The van der Waals surface area contributed by atoms with Crippen LogP contribution in [0.1, 0.15) is 0 Å². The van der Waals surface area contributed by atoms with Gasteiger partial charge in [0.15, 0.2) is 0 Å². The van der Waals surface area contributed by atoms with Crippen LogP contribution in [-0.4, -0.2) is 61.3 Å². The second kappa shape index (κ2) is 6.18. The molecule has 5 heteroatoms. The molecule has 2 fully saturated rings. The molecule has 0 aromatic heterocycles. The molecule has 2 heterocycles. The van der Waals surface area contributed by atoms with Crippen LogP contribution in [-0.2, 0) is 4.74 Å². The SMILES string of the molecule is O=C(Nc1ccc2ccccc2c1)N1CC(N2CCOCC2)C1. The van der Waals surface area contributed by atoms with Gasteiger partial charge in [-0.3, -0.25) is 4.90 Å². The minimum atomic E-state index is -0.00945. The molecule has 2 saturated heterocycles. The maximum Gasteiger partial charge on any atom is 0.321 e. The maximum atomic E-state index is 12.3. The zero-order chi connectivity index (χ0) is 15.6. The van der Waals surface area contributed by atoms with Gasteiger partial charge in [0.2, 0.25) is 0 Å². The normalized spacial score (nSPS) is 19.6. The number of hydrogen-bond donors (Lipinski definition) is 1. The quantitative estimate of drug-likeness (QED) is 0.926. The number of carbonyl (C=O) groups is 1.